The van der Waals surface area contributed by atoms with E-state index in [4.69, 9.17) is 4.99 Å². The summed E-state index contributed by atoms with van der Waals surface area (Å²) in [6.45, 7) is 6.64. The van der Waals surface area contributed by atoms with Gasteiger partial charge in [-0.05, 0) is 30.5 Å². The van der Waals surface area contributed by atoms with Gasteiger partial charge in [0.2, 0.25) is 0 Å². The molecule has 2 nitrogen and oxygen atoms in total. The lowest BCUT2D eigenvalue weighted by Gasteiger charge is -2.15. The van der Waals surface area contributed by atoms with Crippen LogP contribution in [0, 0.1) is 5.92 Å². The van der Waals surface area contributed by atoms with Crippen LogP contribution in [0.4, 0.5) is 0 Å². The highest BCUT2D eigenvalue weighted by Crippen LogP contribution is 2.24. The normalized spacial score (nSPS) is 20.9. The number of rotatable bonds is 3. The zero-order chi connectivity index (χ0) is 13.1. The van der Waals surface area contributed by atoms with Gasteiger partial charge in [0.15, 0.2) is 5.17 Å². The number of aliphatic imine (C=N–C) groups is 1. The Hall–Kier alpha value is -0.480. The molecule has 0 aliphatic carbocycles. The van der Waals surface area contributed by atoms with E-state index < -0.39 is 0 Å². The largest absolute Gasteiger partial charge is 0.358 e. The van der Waals surface area contributed by atoms with Crippen molar-refractivity contribution >= 4 is 32.9 Å². The standard InChI is InChI=1S/C14H19BrN2S/c1-9(2)13-8-18-14(17-13)16-10(3)11-4-6-12(15)7-5-11/h4-7,9-10,13H,8H2,1-3H3,(H,16,17)/t10?,13-/m1/s1. The molecule has 0 fully saturated rings. The van der Waals surface area contributed by atoms with Crippen molar-refractivity contribution < 1.29 is 0 Å². The second kappa shape index (κ2) is 6.11. The van der Waals surface area contributed by atoms with E-state index in [2.05, 4.69) is 66.3 Å². The third-order valence-electron chi connectivity index (χ3n) is 3.15. The zero-order valence-electron chi connectivity index (χ0n) is 11.0. The molecule has 0 bridgehead atoms. The van der Waals surface area contributed by atoms with Gasteiger partial charge in [-0.2, -0.15) is 0 Å². The minimum Gasteiger partial charge on any atom is -0.358 e. The van der Waals surface area contributed by atoms with E-state index in [0.717, 1.165) is 15.4 Å². The van der Waals surface area contributed by atoms with Gasteiger partial charge in [0.1, 0.15) is 0 Å². The fourth-order valence-electron chi connectivity index (χ4n) is 1.83. The number of amidine groups is 1. The third-order valence-corrected chi connectivity index (χ3v) is 4.69. The molecule has 0 saturated carbocycles. The number of benzene rings is 1. The zero-order valence-corrected chi connectivity index (χ0v) is 13.4. The molecule has 0 amide bonds. The molecule has 1 N–H and O–H groups in total. The molecule has 4 heteroatoms. The molecular weight excluding hydrogens is 308 g/mol. The summed E-state index contributed by atoms with van der Waals surface area (Å²) in [7, 11) is 0. The highest BCUT2D eigenvalue weighted by Gasteiger charge is 2.22. The molecule has 0 aromatic heterocycles. The van der Waals surface area contributed by atoms with Crippen molar-refractivity contribution in [2.75, 3.05) is 5.75 Å². The molecule has 1 aromatic carbocycles. The molecule has 2 atom stereocenters. The second-order valence-corrected chi connectivity index (χ2v) is 6.90. The lowest BCUT2D eigenvalue weighted by atomic mass is 10.1. The first-order valence-corrected chi connectivity index (χ1v) is 8.06. The van der Waals surface area contributed by atoms with E-state index in [0.29, 0.717) is 18.0 Å². The molecular formula is C14H19BrN2S. The molecule has 0 saturated heterocycles. The summed E-state index contributed by atoms with van der Waals surface area (Å²) in [5.74, 6) is 1.73. The Morgan fingerprint density at radius 3 is 2.50 bits per heavy atom. The van der Waals surface area contributed by atoms with E-state index in [1.807, 2.05) is 11.8 Å². The van der Waals surface area contributed by atoms with Crippen LogP contribution in [0.15, 0.2) is 33.7 Å². The summed E-state index contributed by atoms with van der Waals surface area (Å²) < 4.78 is 1.12. The van der Waals surface area contributed by atoms with Gasteiger partial charge in [-0.25, -0.2) is 0 Å². The highest BCUT2D eigenvalue weighted by atomic mass is 79.9. The summed E-state index contributed by atoms with van der Waals surface area (Å²) in [6.07, 6.45) is 0. The molecule has 1 aliphatic heterocycles. The molecule has 1 aliphatic rings. The monoisotopic (exact) mass is 326 g/mol. The van der Waals surface area contributed by atoms with Gasteiger partial charge in [0.25, 0.3) is 0 Å². The van der Waals surface area contributed by atoms with Crippen molar-refractivity contribution in [3.8, 4) is 0 Å². The smallest absolute Gasteiger partial charge is 0.157 e. The summed E-state index contributed by atoms with van der Waals surface area (Å²) in [4.78, 5) is 4.73. The quantitative estimate of drug-likeness (QED) is 0.898. The maximum atomic E-state index is 4.73. The van der Waals surface area contributed by atoms with Crippen molar-refractivity contribution in [3.63, 3.8) is 0 Å². The van der Waals surface area contributed by atoms with E-state index in [1.54, 1.807) is 0 Å². The lowest BCUT2D eigenvalue weighted by molar-refractivity contribution is 0.541. The Morgan fingerprint density at radius 1 is 1.28 bits per heavy atom. The number of hydrogen-bond acceptors (Lipinski definition) is 3. The minimum atomic E-state index is 0.301. The predicted molar refractivity (Wildman–Crippen MR) is 84.2 cm³/mol. The molecule has 18 heavy (non-hydrogen) atoms. The summed E-state index contributed by atoms with van der Waals surface area (Å²) in [6, 6.07) is 9.20. The van der Waals surface area contributed by atoms with Gasteiger partial charge in [-0.1, -0.05) is 53.7 Å². The minimum absolute atomic E-state index is 0.301. The summed E-state index contributed by atoms with van der Waals surface area (Å²) in [5.41, 5.74) is 1.29. The number of hydrogen-bond donors (Lipinski definition) is 1. The Morgan fingerprint density at radius 2 is 1.94 bits per heavy atom. The topological polar surface area (TPSA) is 24.4 Å². The number of thioether (sulfide) groups is 1. The summed E-state index contributed by atoms with van der Waals surface area (Å²) in [5, 5.41) is 4.58. The Kier molecular flexibility index (Phi) is 4.73. The van der Waals surface area contributed by atoms with Crippen LogP contribution >= 0.6 is 27.7 Å². The SMILES string of the molecule is CC(NC1=N[C@@H](C(C)C)CS1)c1ccc(Br)cc1. The Labute approximate surface area is 122 Å². The summed E-state index contributed by atoms with van der Waals surface area (Å²) >= 11 is 5.29. The highest BCUT2D eigenvalue weighted by molar-refractivity contribution is 9.10. The van der Waals surface area contributed by atoms with Crippen LogP contribution in [0.5, 0.6) is 0 Å². The van der Waals surface area contributed by atoms with Crippen molar-refractivity contribution in [1.82, 2.24) is 5.32 Å². The first-order valence-electron chi connectivity index (χ1n) is 6.29. The molecule has 1 unspecified atom stereocenters. The molecule has 0 spiro atoms. The number of nitrogens with zero attached hydrogens (tertiary/aromatic N) is 1. The first-order chi connectivity index (χ1) is 8.56. The van der Waals surface area contributed by atoms with Gasteiger partial charge >= 0.3 is 0 Å². The number of halogens is 1. The fraction of sp³-hybridized carbons (Fsp3) is 0.500. The average Bonchev–Trinajstić information content (AvgIpc) is 2.78. The Balaban J connectivity index is 1.98. The van der Waals surface area contributed by atoms with E-state index in [9.17, 15) is 0 Å². The molecule has 2 rings (SSSR count). The molecule has 0 radical (unpaired) electrons. The van der Waals surface area contributed by atoms with E-state index >= 15 is 0 Å². The van der Waals surface area contributed by atoms with Crippen molar-refractivity contribution in [1.29, 1.82) is 0 Å². The van der Waals surface area contributed by atoms with Gasteiger partial charge in [-0.15, -0.1) is 0 Å². The van der Waals surface area contributed by atoms with Crippen molar-refractivity contribution in [2.24, 2.45) is 10.9 Å². The lowest BCUT2D eigenvalue weighted by Crippen LogP contribution is -2.23. The van der Waals surface area contributed by atoms with Gasteiger partial charge < -0.3 is 5.32 Å². The fourth-order valence-corrected chi connectivity index (χ4v) is 3.35. The van der Waals surface area contributed by atoms with E-state index in [1.165, 1.54) is 5.56 Å². The van der Waals surface area contributed by atoms with E-state index in [-0.39, 0.29) is 0 Å². The van der Waals surface area contributed by atoms with Crippen LogP contribution in [0.2, 0.25) is 0 Å². The van der Waals surface area contributed by atoms with Gasteiger partial charge in [0.05, 0.1) is 12.1 Å². The van der Waals surface area contributed by atoms with Crippen LogP contribution in [0.25, 0.3) is 0 Å². The van der Waals surface area contributed by atoms with Crippen LogP contribution in [0.3, 0.4) is 0 Å². The molecule has 1 heterocycles. The van der Waals surface area contributed by atoms with Gasteiger partial charge in [0, 0.05) is 10.2 Å². The first kappa shape index (κ1) is 13.9. The van der Waals surface area contributed by atoms with Crippen LogP contribution < -0.4 is 5.32 Å². The third kappa shape index (κ3) is 3.51. The second-order valence-electron chi connectivity index (χ2n) is 4.97. The average molecular weight is 327 g/mol. The maximum Gasteiger partial charge on any atom is 0.157 e. The Bertz CT molecular complexity index is 428. The van der Waals surface area contributed by atoms with Crippen molar-refractivity contribution in [3.05, 3.63) is 34.3 Å². The maximum absolute atomic E-state index is 4.73. The van der Waals surface area contributed by atoms with Gasteiger partial charge in [-0.3, -0.25) is 4.99 Å². The predicted octanol–water partition coefficient (Wildman–Crippen LogP) is 4.23. The van der Waals surface area contributed by atoms with Crippen molar-refractivity contribution in [2.45, 2.75) is 32.9 Å². The van der Waals surface area contributed by atoms with Crippen LogP contribution in [0.1, 0.15) is 32.4 Å². The number of nitrogens with one attached hydrogen (secondary N) is 1. The molecule has 98 valence electrons. The van der Waals surface area contributed by atoms with Crippen LogP contribution in [-0.4, -0.2) is 17.0 Å². The van der Waals surface area contributed by atoms with Crippen LogP contribution in [-0.2, 0) is 0 Å². The molecule has 1 aromatic rings.